The Bertz CT molecular complexity index is 1100. The van der Waals surface area contributed by atoms with Crippen LogP contribution in [0.15, 0.2) is 36.5 Å². The number of amides is 1. The number of morpholine rings is 1. The molecule has 180 valence electrons. The van der Waals surface area contributed by atoms with Crippen molar-refractivity contribution >= 4 is 22.8 Å². The van der Waals surface area contributed by atoms with Gasteiger partial charge in [0.2, 0.25) is 0 Å². The summed E-state index contributed by atoms with van der Waals surface area (Å²) in [6, 6.07) is 9.92. The first-order valence-electron chi connectivity index (χ1n) is 12.1. The monoisotopic (exact) mass is 464 g/mol. The number of ether oxygens (including phenoxy) is 1. The van der Waals surface area contributed by atoms with Gasteiger partial charge < -0.3 is 25.5 Å². The summed E-state index contributed by atoms with van der Waals surface area (Å²) in [6.45, 7) is 5.48. The van der Waals surface area contributed by atoms with Crippen LogP contribution >= 0.6 is 0 Å². The van der Waals surface area contributed by atoms with Gasteiger partial charge in [-0.05, 0) is 56.0 Å². The number of hydrogen-bond acceptors (Lipinski definition) is 7. The number of nitrogens with one attached hydrogen (secondary N) is 3. The molecule has 0 spiro atoms. The fourth-order valence-corrected chi connectivity index (χ4v) is 4.65. The van der Waals surface area contributed by atoms with Crippen molar-refractivity contribution in [2.24, 2.45) is 0 Å². The van der Waals surface area contributed by atoms with Crippen LogP contribution in [-0.4, -0.2) is 82.4 Å². The minimum atomic E-state index is -0.248. The third-order valence-corrected chi connectivity index (χ3v) is 6.69. The molecule has 34 heavy (non-hydrogen) atoms. The van der Waals surface area contributed by atoms with E-state index in [9.17, 15) is 9.90 Å². The van der Waals surface area contributed by atoms with Gasteiger partial charge in [0.15, 0.2) is 5.65 Å². The highest BCUT2D eigenvalue weighted by Gasteiger charge is 2.23. The average Bonchev–Trinajstić information content (AvgIpc) is 3.31. The van der Waals surface area contributed by atoms with Gasteiger partial charge in [-0.25, -0.2) is 9.97 Å². The SMILES string of the molecule is O=C(NC1CCC(O)CC1)c1ccnc2nc(-c3ccc(NCCN4CCOCC4)cc3)[nH]c12. The molecular formula is C25H32N6O3. The molecule has 1 aliphatic carbocycles. The standard InChI is InChI=1S/C25H32N6O3/c32-20-7-5-19(6-8-20)28-25(33)21-9-10-27-24-22(21)29-23(30-24)17-1-3-18(4-2-17)26-11-12-31-13-15-34-16-14-31/h1-4,9-10,19-20,26,32H,5-8,11-16H2,(H,28,33)(H,27,29,30). The summed E-state index contributed by atoms with van der Waals surface area (Å²) in [5.41, 5.74) is 3.69. The largest absolute Gasteiger partial charge is 0.393 e. The van der Waals surface area contributed by atoms with E-state index in [2.05, 4.69) is 30.5 Å². The first-order chi connectivity index (χ1) is 16.7. The molecule has 1 saturated heterocycles. The third kappa shape index (κ3) is 5.38. The van der Waals surface area contributed by atoms with Crippen LogP contribution in [0.4, 0.5) is 5.69 Å². The summed E-state index contributed by atoms with van der Waals surface area (Å²) in [4.78, 5) is 27.6. The maximum atomic E-state index is 12.9. The van der Waals surface area contributed by atoms with Crippen LogP contribution in [0.25, 0.3) is 22.6 Å². The lowest BCUT2D eigenvalue weighted by molar-refractivity contribution is 0.0398. The highest BCUT2D eigenvalue weighted by atomic mass is 16.5. The number of H-pyrrole nitrogens is 1. The number of aromatic amines is 1. The second kappa shape index (κ2) is 10.5. The quantitative estimate of drug-likeness (QED) is 0.424. The Kier molecular flexibility index (Phi) is 7.03. The molecule has 0 bridgehead atoms. The predicted molar refractivity (Wildman–Crippen MR) is 131 cm³/mol. The van der Waals surface area contributed by atoms with E-state index in [0.29, 0.717) is 22.6 Å². The molecule has 4 N–H and O–H groups in total. The van der Waals surface area contributed by atoms with Crippen LogP contribution in [-0.2, 0) is 4.74 Å². The molecule has 2 fully saturated rings. The lowest BCUT2D eigenvalue weighted by atomic mass is 9.93. The minimum absolute atomic E-state index is 0.0878. The average molecular weight is 465 g/mol. The minimum Gasteiger partial charge on any atom is -0.393 e. The molecule has 5 rings (SSSR count). The number of pyridine rings is 1. The highest BCUT2D eigenvalue weighted by molar-refractivity contribution is 6.04. The second-order valence-electron chi connectivity index (χ2n) is 9.08. The summed E-state index contributed by atoms with van der Waals surface area (Å²) >= 11 is 0. The number of fused-ring (bicyclic) bond motifs is 1. The zero-order valence-electron chi connectivity index (χ0n) is 19.3. The van der Waals surface area contributed by atoms with E-state index in [1.54, 1.807) is 12.3 Å². The Balaban J connectivity index is 1.23. The maximum Gasteiger partial charge on any atom is 0.253 e. The van der Waals surface area contributed by atoms with Crippen molar-refractivity contribution < 1.29 is 14.6 Å². The van der Waals surface area contributed by atoms with Crippen molar-refractivity contribution in [2.75, 3.05) is 44.7 Å². The molecule has 0 unspecified atom stereocenters. The van der Waals surface area contributed by atoms with E-state index >= 15 is 0 Å². The van der Waals surface area contributed by atoms with E-state index in [1.807, 2.05) is 24.3 Å². The van der Waals surface area contributed by atoms with E-state index in [-0.39, 0.29) is 18.1 Å². The fraction of sp³-hybridized carbons (Fsp3) is 0.480. The number of benzene rings is 1. The number of imidazole rings is 1. The van der Waals surface area contributed by atoms with Gasteiger partial charge in [0.05, 0.1) is 30.4 Å². The Morgan fingerprint density at radius 2 is 1.88 bits per heavy atom. The fourth-order valence-electron chi connectivity index (χ4n) is 4.65. The highest BCUT2D eigenvalue weighted by Crippen LogP contribution is 2.24. The maximum absolute atomic E-state index is 12.9. The molecule has 0 radical (unpaired) electrons. The molecule has 2 aliphatic rings. The first-order valence-corrected chi connectivity index (χ1v) is 12.1. The Morgan fingerprint density at radius 1 is 1.12 bits per heavy atom. The van der Waals surface area contributed by atoms with Crippen LogP contribution in [0, 0.1) is 0 Å². The molecule has 1 saturated carbocycles. The van der Waals surface area contributed by atoms with Crippen molar-refractivity contribution in [3.05, 3.63) is 42.1 Å². The molecule has 2 aromatic heterocycles. The molecule has 1 amide bonds. The van der Waals surface area contributed by atoms with Gasteiger partial charge in [-0.2, -0.15) is 0 Å². The van der Waals surface area contributed by atoms with Gasteiger partial charge in [0.25, 0.3) is 5.91 Å². The van der Waals surface area contributed by atoms with Crippen LogP contribution in [0.5, 0.6) is 0 Å². The van der Waals surface area contributed by atoms with Gasteiger partial charge >= 0.3 is 0 Å². The van der Waals surface area contributed by atoms with Gasteiger partial charge in [-0.3, -0.25) is 9.69 Å². The number of hydrogen-bond donors (Lipinski definition) is 4. The lowest BCUT2D eigenvalue weighted by Crippen LogP contribution is -2.38. The molecular weight excluding hydrogens is 432 g/mol. The first kappa shape index (κ1) is 22.8. The zero-order chi connectivity index (χ0) is 23.3. The van der Waals surface area contributed by atoms with E-state index in [4.69, 9.17) is 4.74 Å². The molecule has 9 heteroatoms. The predicted octanol–water partition coefficient (Wildman–Crippen LogP) is 2.40. The number of aliphatic hydroxyl groups excluding tert-OH is 1. The molecule has 3 aromatic rings. The van der Waals surface area contributed by atoms with Crippen LogP contribution < -0.4 is 10.6 Å². The van der Waals surface area contributed by atoms with Gasteiger partial charge in [-0.1, -0.05) is 0 Å². The molecule has 9 nitrogen and oxygen atoms in total. The van der Waals surface area contributed by atoms with E-state index < -0.39 is 0 Å². The Labute approximate surface area is 198 Å². The van der Waals surface area contributed by atoms with Crippen molar-refractivity contribution in [1.82, 2.24) is 25.2 Å². The number of aliphatic hydroxyl groups is 1. The number of anilines is 1. The van der Waals surface area contributed by atoms with Crippen LogP contribution in [0.1, 0.15) is 36.0 Å². The Hall–Kier alpha value is -3.01. The van der Waals surface area contributed by atoms with Crippen LogP contribution in [0.3, 0.4) is 0 Å². The normalized spacial score (nSPS) is 21.4. The van der Waals surface area contributed by atoms with Gasteiger partial charge in [0.1, 0.15) is 5.82 Å². The third-order valence-electron chi connectivity index (χ3n) is 6.69. The topological polar surface area (TPSA) is 115 Å². The number of aromatic nitrogens is 3. The van der Waals surface area contributed by atoms with Crippen LogP contribution in [0.2, 0.25) is 0 Å². The van der Waals surface area contributed by atoms with Crippen molar-refractivity contribution in [2.45, 2.75) is 37.8 Å². The molecule has 1 aromatic carbocycles. The molecule has 3 heterocycles. The van der Waals surface area contributed by atoms with Crippen molar-refractivity contribution in [3.8, 4) is 11.4 Å². The summed E-state index contributed by atoms with van der Waals surface area (Å²) in [5.74, 6) is 0.548. The summed E-state index contributed by atoms with van der Waals surface area (Å²) in [7, 11) is 0. The van der Waals surface area contributed by atoms with Gasteiger partial charge in [-0.15, -0.1) is 0 Å². The summed E-state index contributed by atoms with van der Waals surface area (Å²) in [5, 5.41) is 16.3. The summed E-state index contributed by atoms with van der Waals surface area (Å²) < 4.78 is 5.39. The molecule has 0 atom stereocenters. The Morgan fingerprint density at radius 3 is 2.65 bits per heavy atom. The number of carbonyl (C=O) groups is 1. The van der Waals surface area contributed by atoms with Gasteiger partial charge in [0, 0.05) is 49.7 Å². The smallest absolute Gasteiger partial charge is 0.253 e. The molecule has 1 aliphatic heterocycles. The summed E-state index contributed by atoms with van der Waals surface area (Å²) in [6.07, 6.45) is 4.41. The number of rotatable bonds is 7. The van der Waals surface area contributed by atoms with E-state index in [0.717, 1.165) is 76.3 Å². The lowest BCUT2D eigenvalue weighted by Gasteiger charge is -2.26. The zero-order valence-corrected chi connectivity index (χ0v) is 19.3. The van der Waals surface area contributed by atoms with Crippen molar-refractivity contribution in [1.29, 1.82) is 0 Å². The second-order valence-corrected chi connectivity index (χ2v) is 9.08. The number of nitrogens with zero attached hydrogens (tertiary/aromatic N) is 3. The number of carbonyl (C=O) groups excluding carboxylic acids is 1. The van der Waals surface area contributed by atoms with E-state index in [1.165, 1.54) is 0 Å². The van der Waals surface area contributed by atoms with Crippen molar-refractivity contribution in [3.63, 3.8) is 0 Å².